The van der Waals surface area contributed by atoms with Crippen molar-refractivity contribution >= 4 is 0 Å². The van der Waals surface area contributed by atoms with Crippen LogP contribution in [0.4, 0.5) is 0 Å². The van der Waals surface area contributed by atoms with Gasteiger partial charge in [-0.1, -0.05) is 65.7 Å². The van der Waals surface area contributed by atoms with Gasteiger partial charge < -0.3 is 10.2 Å². The van der Waals surface area contributed by atoms with Gasteiger partial charge in [-0.2, -0.15) is 0 Å². The summed E-state index contributed by atoms with van der Waals surface area (Å²) in [5, 5.41) is 3.65. The monoisotopic (exact) mass is 270 g/mol. The first-order valence-corrected chi connectivity index (χ1v) is 8.70. The number of hydrogen-bond donors (Lipinski definition) is 1. The second kappa shape index (κ2) is 14.3. The maximum absolute atomic E-state index is 3.65. The third-order valence-electron chi connectivity index (χ3n) is 3.95. The van der Waals surface area contributed by atoms with Crippen molar-refractivity contribution in [2.45, 2.75) is 85.1 Å². The first-order valence-electron chi connectivity index (χ1n) is 8.70. The van der Waals surface area contributed by atoms with E-state index in [2.05, 4.69) is 37.9 Å². The fourth-order valence-corrected chi connectivity index (χ4v) is 2.54. The van der Waals surface area contributed by atoms with Crippen LogP contribution in [0.25, 0.3) is 0 Å². The minimum atomic E-state index is 0.629. The Morgan fingerprint density at radius 2 is 1.32 bits per heavy atom. The van der Waals surface area contributed by atoms with Gasteiger partial charge in [0.25, 0.3) is 0 Å². The SMILES string of the molecule is CCCCCCCCCCNC(C)CN(CC)CC. The van der Waals surface area contributed by atoms with Crippen LogP contribution in [-0.2, 0) is 0 Å². The molecule has 0 aromatic heterocycles. The molecule has 0 radical (unpaired) electrons. The summed E-state index contributed by atoms with van der Waals surface area (Å²) in [6.07, 6.45) is 11.3. The molecule has 0 aliphatic heterocycles. The number of nitrogens with zero attached hydrogens (tertiary/aromatic N) is 1. The molecule has 0 heterocycles. The van der Waals surface area contributed by atoms with E-state index in [1.54, 1.807) is 0 Å². The number of nitrogens with one attached hydrogen (secondary N) is 1. The highest BCUT2D eigenvalue weighted by Crippen LogP contribution is 2.07. The molecule has 1 atom stereocenters. The van der Waals surface area contributed by atoms with E-state index in [-0.39, 0.29) is 0 Å². The van der Waals surface area contributed by atoms with E-state index in [4.69, 9.17) is 0 Å². The first kappa shape index (κ1) is 18.9. The highest BCUT2D eigenvalue weighted by atomic mass is 15.1. The summed E-state index contributed by atoms with van der Waals surface area (Å²) in [7, 11) is 0. The lowest BCUT2D eigenvalue weighted by atomic mass is 10.1. The fraction of sp³-hybridized carbons (Fsp3) is 1.00. The Kier molecular flexibility index (Phi) is 14.3. The molecule has 0 aliphatic carbocycles. The summed E-state index contributed by atoms with van der Waals surface area (Å²) < 4.78 is 0. The van der Waals surface area contributed by atoms with Crippen molar-refractivity contribution < 1.29 is 0 Å². The lowest BCUT2D eigenvalue weighted by Crippen LogP contribution is -2.39. The van der Waals surface area contributed by atoms with Gasteiger partial charge in [-0.25, -0.2) is 0 Å². The second-order valence-electron chi connectivity index (χ2n) is 5.82. The molecule has 0 spiro atoms. The second-order valence-corrected chi connectivity index (χ2v) is 5.82. The molecule has 0 saturated heterocycles. The Hall–Kier alpha value is -0.0800. The highest BCUT2D eigenvalue weighted by Gasteiger charge is 2.05. The molecule has 0 aromatic carbocycles. The van der Waals surface area contributed by atoms with E-state index in [9.17, 15) is 0 Å². The zero-order valence-electron chi connectivity index (χ0n) is 14.0. The van der Waals surface area contributed by atoms with Crippen LogP contribution in [0.3, 0.4) is 0 Å². The van der Waals surface area contributed by atoms with Crippen molar-refractivity contribution in [3.63, 3.8) is 0 Å². The Morgan fingerprint density at radius 1 is 0.789 bits per heavy atom. The molecule has 1 unspecified atom stereocenters. The molecule has 0 rings (SSSR count). The van der Waals surface area contributed by atoms with Gasteiger partial charge in [-0.05, 0) is 33.0 Å². The van der Waals surface area contributed by atoms with Gasteiger partial charge in [-0.15, -0.1) is 0 Å². The van der Waals surface area contributed by atoms with Crippen molar-refractivity contribution in [1.82, 2.24) is 10.2 Å². The van der Waals surface area contributed by atoms with Crippen molar-refractivity contribution in [2.75, 3.05) is 26.2 Å². The third-order valence-corrected chi connectivity index (χ3v) is 3.95. The van der Waals surface area contributed by atoms with Gasteiger partial charge in [0, 0.05) is 12.6 Å². The van der Waals surface area contributed by atoms with Crippen LogP contribution >= 0.6 is 0 Å². The summed E-state index contributed by atoms with van der Waals surface area (Å²) in [5.74, 6) is 0. The van der Waals surface area contributed by atoms with Crippen LogP contribution in [0.15, 0.2) is 0 Å². The molecule has 1 N–H and O–H groups in total. The minimum Gasteiger partial charge on any atom is -0.313 e. The van der Waals surface area contributed by atoms with Gasteiger partial charge in [0.15, 0.2) is 0 Å². The van der Waals surface area contributed by atoms with Crippen molar-refractivity contribution in [2.24, 2.45) is 0 Å². The molecule has 0 amide bonds. The van der Waals surface area contributed by atoms with E-state index in [0.29, 0.717) is 6.04 Å². The molecule has 0 saturated carbocycles. The summed E-state index contributed by atoms with van der Waals surface area (Å²) in [5.41, 5.74) is 0. The molecule has 116 valence electrons. The Bertz CT molecular complexity index is 167. The van der Waals surface area contributed by atoms with E-state index >= 15 is 0 Å². The van der Waals surface area contributed by atoms with Crippen LogP contribution in [0.1, 0.15) is 79.1 Å². The van der Waals surface area contributed by atoms with E-state index in [1.165, 1.54) is 77.5 Å². The van der Waals surface area contributed by atoms with Crippen LogP contribution in [0.2, 0.25) is 0 Å². The van der Waals surface area contributed by atoms with Crippen LogP contribution in [-0.4, -0.2) is 37.1 Å². The lowest BCUT2D eigenvalue weighted by molar-refractivity contribution is 0.271. The third kappa shape index (κ3) is 12.7. The molecule has 0 aliphatic rings. The van der Waals surface area contributed by atoms with E-state index in [0.717, 1.165) is 0 Å². The average Bonchev–Trinajstić information content (AvgIpc) is 2.43. The van der Waals surface area contributed by atoms with Crippen molar-refractivity contribution in [3.8, 4) is 0 Å². The molecular weight excluding hydrogens is 232 g/mol. The number of unbranched alkanes of at least 4 members (excludes halogenated alkanes) is 7. The predicted octanol–water partition coefficient (Wildman–Crippen LogP) is 4.45. The van der Waals surface area contributed by atoms with Gasteiger partial charge in [0.05, 0.1) is 0 Å². The number of hydrogen-bond acceptors (Lipinski definition) is 2. The highest BCUT2D eigenvalue weighted by molar-refractivity contribution is 4.66. The van der Waals surface area contributed by atoms with Crippen LogP contribution < -0.4 is 5.32 Å². The standard InChI is InChI=1S/C17H38N2/c1-5-8-9-10-11-12-13-14-15-18-17(4)16-19(6-2)7-3/h17-18H,5-16H2,1-4H3. The summed E-state index contributed by atoms with van der Waals surface area (Å²) in [6.45, 7) is 13.8. The van der Waals surface area contributed by atoms with Crippen LogP contribution in [0, 0.1) is 0 Å². The quantitative estimate of drug-likeness (QED) is 0.469. The molecular formula is C17H38N2. The van der Waals surface area contributed by atoms with Crippen molar-refractivity contribution in [3.05, 3.63) is 0 Å². The Morgan fingerprint density at radius 3 is 1.84 bits per heavy atom. The largest absolute Gasteiger partial charge is 0.313 e. The smallest absolute Gasteiger partial charge is 0.0166 e. The summed E-state index contributed by atoms with van der Waals surface area (Å²) in [6, 6.07) is 0.629. The van der Waals surface area contributed by atoms with E-state index < -0.39 is 0 Å². The Labute approximate surface area is 122 Å². The minimum absolute atomic E-state index is 0.629. The number of rotatable bonds is 14. The first-order chi connectivity index (χ1) is 9.24. The van der Waals surface area contributed by atoms with Gasteiger partial charge in [0.1, 0.15) is 0 Å². The molecule has 19 heavy (non-hydrogen) atoms. The molecule has 2 heteroatoms. The Balaban J connectivity index is 3.24. The van der Waals surface area contributed by atoms with Gasteiger partial charge in [0.2, 0.25) is 0 Å². The normalized spacial score (nSPS) is 13.1. The van der Waals surface area contributed by atoms with Gasteiger partial charge >= 0.3 is 0 Å². The molecule has 2 nitrogen and oxygen atoms in total. The van der Waals surface area contributed by atoms with Crippen molar-refractivity contribution in [1.29, 1.82) is 0 Å². The maximum Gasteiger partial charge on any atom is 0.0166 e. The zero-order chi connectivity index (χ0) is 14.3. The molecule has 0 bridgehead atoms. The molecule has 0 aromatic rings. The molecule has 0 fully saturated rings. The summed E-state index contributed by atoms with van der Waals surface area (Å²) in [4.78, 5) is 2.49. The topological polar surface area (TPSA) is 15.3 Å². The van der Waals surface area contributed by atoms with Crippen LogP contribution in [0.5, 0.6) is 0 Å². The fourth-order valence-electron chi connectivity index (χ4n) is 2.54. The van der Waals surface area contributed by atoms with E-state index in [1.807, 2.05) is 0 Å². The maximum atomic E-state index is 3.65. The summed E-state index contributed by atoms with van der Waals surface area (Å²) >= 11 is 0. The number of likely N-dealkylation sites (N-methyl/N-ethyl adjacent to an activating group) is 1. The lowest BCUT2D eigenvalue weighted by Gasteiger charge is -2.23. The zero-order valence-corrected chi connectivity index (χ0v) is 14.0. The van der Waals surface area contributed by atoms with Gasteiger partial charge in [-0.3, -0.25) is 0 Å². The predicted molar refractivity (Wildman–Crippen MR) is 87.9 cm³/mol. The average molecular weight is 271 g/mol.